The lowest BCUT2D eigenvalue weighted by atomic mass is 9.98. The van der Waals surface area contributed by atoms with E-state index in [-0.39, 0.29) is 23.6 Å². The largest absolute Gasteiger partial charge is 0.506 e. The minimum absolute atomic E-state index is 0.00177. The topological polar surface area (TPSA) is 125 Å². The molecule has 5 aromatic rings. The minimum Gasteiger partial charge on any atom is -0.506 e. The van der Waals surface area contributed by atoms with Crippen molar-refractivity contribution in [3.63, 3.8) is 0 Å². The molecule has 0 saturated carbocycles. The summed E-state index contributed by atoms with van der Waals surface area (Å²) in [6, 6.07) is 15.6. The first-order chi connectivity index (χ1) is 20.3. The summed E-state index contributed by atoms with van der Waals surface area (Å²) in [6.07, 6.45) is 1.60. The molecule has 3 heterocycles. The molecule has 2 N–H and O–H groups in total. The van der Waals surface area contributed by atoms with Crippen molar-refractivity contribution < 1.29 is 33.2 Å². The second kappa shape index (κ2) is 12.1. The SMILES string of the molecule is COCc1nc(C)c(-c2ccc(F)cc2)c(O)c1C(=O)Nc1ccc(Oc2ccnc3cc(OC)c(OC)nc23)cc1. The van der Waals surface area contributed by atoms with Gasteiger partial charge in [0.05, 0.1) is 32.0 Å². The Morgan fingerprint density at radius 3 is 2.36 bits per heavy atom. The highest BCUT2D eigenvalue weighted by molar-refractivity contribution is 6.08. The van der Waals surface area contributed by atoms with Crippen molar-refractivity contribution in [3.8, 4) is 40.0 Å². The number of nitrogens with one attached hydrogen (secondary N) is 1. The van der Waals surface area contributed by atoms with Crippen molar-refractivity contribution in [2.45, 2.75) is 13.5 Å². The van der Waals surface area contributed by atoms with Crippen molar-refractivity contribution in [1.82, 2.24) is 15.0 Å². The summed E-state index contributed by atoms with van der Waals surface area (Å²) in [4.78, 5) is 26.7. The predicted octanol–water partition coefficient (Wildman–Crippen LogP) is 6.05. The van der Waals surface area contributed by atoms with Crippen molar-refractivity contribution in [1.29, 1.82) is 0 Å². The Labute approximate surface area is 240 Å². The van der Waals surface area contributed by atoms with E-state index in [1.54, 1.807) is 49.5 Å². The molecule has 0 aliphatic rings. The van der Waals surface area contributed by atoms with E-state index in [1.807, 2.05) is 0 Å². The lowest BCUT2D eigenvalue weighted by Gasteiger charge is -2.17. The number of amides is 1. The fraction of sp³-hybridized carbons (Fsp3) is 0.161. The van der Waals surface area contributed by atoms with Gasteiger partial charge in [0.15, 0.2) is 11.5 Å². The van der Waals surface area contributed by atoms with Gasteiger partial charge in [-0.2, -0.15) is 0 Å². The van der Waals surface area contributed by atoms with Crippen LogP contribution in [0.5, 0.6) is 28.9 Å². The van der Waals surface area contributed by atoms with Crippen LogP contribution in [0.15, 0.2) is 66.9 Å². The average molecular weight is 571 g/mol. The Bertz CT molecular complexity index is 1760. The molecule has 214 valence electrons. The van der Waals surface area contributed by atoms with Crippen LogP contribution in [0.1, 0.15) is 21.7 Å². The van der Waals surface area contributed by atoms with E-state index in [1.165, 1.54) is 45.6 Å². The lowest BCUT2D eigenvalue weighted by molar-refractivity contribution is 0.101. The van der Waals surface area contributed by atoms with E-state index in [0.717, 1.165) is 0 Å². The third-order valence-corrected chi connectivity index (χ3v) is 6.43. The molecule has 0 bridgehead atoms. The summed E-state index contributed by atoms with van der Waals surface area (Å²) in [5, 5.41) is 14.0. The number of ether oxygens (including phenoxy) is 4. The molecule has 0 unspecified atom stereocenters. The Hall–Kier alpha value is -5.29. The minimum atomic E-state index is -0.588. The number of anilines is 1. The number of nitrogens with zero attached hydrogens (tertiary/aromatic N) is 3. The number of hydrogen-bond acceptors (Lipinski definition) is 9. The number of carbonyl (C=O) groups excluding carboxylic acids is 1. The zero-order valence-corrected chi connectivity index (χ0v) is 23.3. The maximum absolute atomic E-state index is 13.5. The lowest BCUT2D eigenvalue weighted by Crippen LogP contribution is -2.17. The maximum Gasteiger partial charge on any atom is 0.261 e. The molecule has 10 nitrogen and oxygen atoms in total. The molecule has 0 atom stereocenters. The van der Waals surface area contributed by atoms with Crippen LogP contribution in [-0.2, 0) is 11.3 Å². The van der Waals surface area contributed by atoms with Gasteiger partial charge in [-0.25, -0.2) is 9.37 Å². The fourth-order valence-corrected chi connectivity index (χ4v) is 4.50. The van der Waals surface area contributed by atoms with E-state index >= 15 is 0 Å². The number of methoxy groups -OCH3 is 3. The van der Waals surface area contributed by atoms with Crippen LogP contribution in [0.25, 0.3) is 22.2 Å². The molecule has 0 aliphatic carbocycles. The average Bonchev–Trinajstić information content (AvgIpc) is 2.98. The van der Waals surface area contributed by atoms with Gasteiger partial charge in [-0.1, -0.05) is 12.1 Å². The van der Waals surface area contributed by atoms with E-state index in [9.17, 15) is 14.3 Å². The van der Waals surface area contributed by atoms with Gasteiger partial charge in [0, 0.05) is 42.4 Å². The molecule has 0 fully saturated rings. The molecular formula is C31H27FN4O6. The predicted molar refractivity (Wildman–Crippen MR) is 154 cm³/mol. The van der Waals surface area contributed by atoms with E-state index in [4.69, 9.17) is 18.9 Å². The summed E-state index contributed by atoms with van der Waals surface area (Å²) in [5.41, 5.74) is 3.04. The van der Waals surface area contributed by atoms with Crippen molar-refractivity contribution >= 4 is 22.6 Å². The van der Waals surface area contributed by atoms with Crippen molar-refractivity contribution in [2.75, 3.05) is 26.6 Å². The monoisotopic (exact) mass is 570 g/mol. The highest BCUT2D eigenvalue weighted by atomic mass is 19.1. The number of rotatable bonds is 9. The number of aromatic nitrogens is 3. The summed E-state index contributed by atoms with van der Waals surface area (Å²) in [7, 11) is 4.48. The van der Waals surface area contributed by atoms with Gasteiger partial charge in [0.25, 0.3) is 11.8 Å². The second-order valence-corrected chi connectivity index (χ2v) is 9.14. The van der Waals surface area contributed by atoms with E-state index in [0.29, 0.717) is 56.7 Å². The molecule has 0 spiro atoms. The Balaban J connectivity index is 1.41. The van der Waals surface area contributed by atoms with Crippen molar-refractivity contribution in [2.24, 2.45) is 0 Å². The quantitative estimate of drug-likeness (QED) is 0.218. The van der Waals surface area contributed by atoms with Gasteiger partial charge < -0.3 is 29.4 Å². The highest BCUT2D eigenvalue weighted by Gasteiger charge is 2.24. The summed E-state index contributed by atoms with van der Waals surface area (Å²) >= 11 is 0. The normalized spacial score (nSPS) is 10.9. The molecule has 0 saturated heterocycles. The van der Waals surface area contributed by atoms with Gasteiger partial charge in [-0.15, -0.1) is 0 Å². The molecule has 0 radical (unpaired) electrons. The third kappa shape index (κ3) is 5.63. The standard InChI is InChI=1S/C31H27FN4O6/c1-17-26(18-5-7-19(32)8-6-18)29(37)27(23(34-17)16-39-2)30(38)35-20-9-11-21(12-10-20)42-24-13-14-33-22-15-25(40-3)31(41-4)36-28(22)24/h5-15H,16H2,1-4H3,(H,34,37)(H,35,38). The number of benzene rings is 2. The molecule has 5 rings (SSSR count). The van der Waals surface area contributed by atoms with Gasteiger partial charge in [-0.3, -0.25) is 14.8 Å². The van der Waals surface area contributed by atoms with E-state index < -0.39 is 11.7 Å². The molecule has 1 amide bonds. The van der Waals surface area contributed by atoms with Gasteiger partial charge >= 0.3 is 0 Å². The third-order valence-electron chi connectivity index (χ3n) is 6.43. The first-order valence-corrected chi connectivity index (χ1v) is 12.8. The van der Waals surface area contributed by atoms with Gasteiger partial charge in [0.1, 0.15) is 28.4 Å². The number of aromatic hydroxyl groups is 1. The van der Waals surface area contributed by atoms with Crippen LogP contribution in [0, 0.1) is 12.7 Å². The van der Waals surface area contributed by atoms with Gasteiger partial charge in [0.2, 0.25) is 0 Å². The summed E-state index contributed by atoms with van der Waals surface area (Å²) < 4.78 is 35.4. The Morgan fingerprint density at radius 2 is 1.69 bits per heavy atom. The number of carbonyl (C=O) groups is 1. The van der Waals surface area contributed by atoms with Crippen LogP contribution in [-0.4, -0.2) is 47.3 Å². The van der Waals surface area contributed by atoms with Crippen LogP contribution in [0.4, 0.5) is 10.1 Å². The number of hydrogen-bond donors (Lipinski definition) is 2. The number of fused-ring (bicyclic) bond motifs is 1. The first kappa shape index (κ1) is 28.2. The molecule has 2 aromatic carbocycles. The van der Waals surface area contributed by atoms with Crippen LogP contribution in [0.2, 0.25) is 0 Å². The van der Waals surface area contributed by atoms with Gasteiger partial charge in [-0.05, 0) is 48.9 Å². The number of halogens is 1. The number of aryl methyl sites for hydroxylation is 1. The molecule has 11 heteroatoms. The number of pyridine rings is 3. The Morgan fingerprint density at radius 1 is 0.952 bits per heavy atom. The van der Waals surface area contributed by atoms with Crippen molar-refractivity contribution in [3.05, 3.63) is 89.6 Å². The second-order valence-electron chi connectivity index (χ2n) is 9.14. The molecule has 42 heavy (non-hydrogen) atoms. The first-order valence-electron chi connectivity index (χ1n) is 12.8. The summed E-state index contributed by atoms with van der Waals surface area (Å²) in [5.74, 6) is 0.394. The van der Waals surface area contributed by atoms with Crippen LogP contribution in [0.3, 0.4) is 0 Å². The maximum atomic E-state index is 13.5. The fourth-order valence-electron chi connectivity index (χ4n) is 4.50. The molecular weight excluding hydrogens is 543 g/mol. The van der Waals surface area contributed by atoms with Crippen LogP contribution >= 0.6 is 0 Å². The van der Waals surface area contributed by atoms with Crippen LogP contribution < -0.4 is 19.5 Å². The Kier molecular flexibility index (Phi) is 8.12. The zero-order chi connectivity index (χ0) is 29.8. The molecule has 3 aromatic heterocycles. The zero-order valence-electron chi connectivity index (χ0n) is 23.3. The summed E-state index contributed by atoms with van der Waals surface area (Å²) in [6.45, 7) is 1.70. The highest BCUT2D eigenvalue weighted by Crippen LogP contribution is 2.37. The molecule has 0 aliphatic heterocycles. The van der Waals surface area contributed by atoms with E-state index in [2.05, 4.69) is 20.3 Å². The smallest absolute Gasteiger partial charge is 0.261 e.